The Balaban J connectivity index is 2.26. The molecule has 0 bridgehead atoms. The predicted octanol–water partition coefficient (Wildman–Crippen LogP) is 3.47. The highest BCUT2D eigenvalue weighted by Crippen LogP contribution is 2.29. The van der Waals surface area contributed by atoms with Gasteiger partial charge >= 0.3 is 0 Å². The van der Waals surface area contributed by atoms with Gasteiger partial charge in [0.25, 0.3) is 0 Å². The van der Waals surface area contributed by atoms with Gasteiger partial charge in [-0.25, -0.2) is 4.98 Å². The van der Waals surface area contributed by atoms with E-state index in [4.69, 9.17) is 4.98 Å². The molecule has 0 radical (unpaired) electrons. The summed E-state index contributed by atoms with van der Waals surface area (Å²) in [5.41, 5.74) is 4.83. The van der Waals surface area contributed by atoms with Crippen molar-refractivity contribution in [1.82, 2.24) is 19.3 Å². The van der Waals surface area contributed by atoms with Crippen molar-refractivity contribution < 1.29 is 0 Å². The first-order valence-electron chi connectivity index (χ1n) is 7.34. The van der Waals surface area contributed by atoms with Crippen LogP contribution in [0.4, 0.5) is 0 Å². The highest BCUT2D eigenvalue weighted by molar-refractivity contribution is 9.10. The van der Waals surface area contributed by atoms with Crippen molar-refractivity contribution in [3.8, 4) is 0 Å². The second kappa shape index (κ2) is 5.46. The molecule has 112 valence electrons. The van der Waals surface area contributed by atoms with Crippen LogP contribution in [-0.2, 0) is 13.5 Å². The predicted molar refractivity (Wildman–Crippen MR) is 91.1 cm³/mol. The minimum Gasteiger partial charge on any atom is -0.319 e. The van der Waals surface area contributed by atoms with Crippen molar-refractivity contribution >= 4 is 32.7 Å². The molecule has 0 aliphatic heterocycles. The third-order valence-corrected chi connectivity index (χ3v) is 4.89. The second-order valence-corrected chi connectivity index (χ2v) is 6.55. The zero-order valence-corrected chi connectivity index (χ0v) is 14.5. The van der Waals surface area contributed by atoms with E-state index in [1.807, 2.05) is 7.05 Å². The highest BCUT2D eigenvalue weighted by atomic mass is 79.9. The summed E-state index contributed by atoms with van der Waals surface area (Å²) in [7, 11) is 4.06. The van der Waals surface area contributed by atoms with E-state index in [1.165, 1.54) is 16.8 Å². The molecule has 0 amide bonds. The van der Waals surface area contributed by atoms with E-state index < -0.39 is 0 Å². The lowest BCUT2D eigenvalue weighted by Gasteiger charge is -2.05. The Labute approximate surface area is 133 Å². The van der Waals surface area contributed by atoms with Crippen LogP contribution >= 0.6 is 15.9 Å². The highest BCUT2D eigenvalue weighted by Gasteiger charge is 2.17. The van der Waals surface area contributed by atoms with Gasteiger partial charge in [0.1, 0.15) is 4.60 Å². The molecule has 0 aliphatic carbocycles. The summed E-state index contributed by atoms with van der Waals surface area (Å²) in [5, 5.41) is 3.20. The molecule has 0 saturated carbocycles. The number of benzene rings is 1. The number of hydrogen-bond donors (Lipinski definition) is 1. The Morgan fingerprint density at radius 3 is 2.76 bits per heavy atom. The van der Waals surface area contributed by atoms with E-state index in [0.717, 1.165) is 28.9 Å². The molecule has 2 aromatic heterocycles. The van der Waals surface area contributed by atoms with Crippen LogP contribution in [0.1, 0.15) is 31.0 Å². The fourth-order valence-corrected chi connectivity index (χ4v) is 3.57. The molecule has 3 rings (SSSR count). The normalized spacial score (nSPS) is 12.1. The molecule has 21 heavy (non-hydrogen) atoms. The number of fused-ring (bicyclic) bond motifs is 3. The number of hydrogen-bond acceptors (Lipinski definition) is 2. The van der Waals surface area contributed by atoms with Crippen molar-refractivity contribution in [3.05, 3.63) is 34.1 Å². The molecule has 0 saturated heterocycles. The van der Waals surface area contributed by atoms with Gasteiger partial charge in [0, 0.05) is 20.0 Å². The van der Waals surface area contributed by atoms with Gasteiger partial charge in [0.05, 0.1) is 16.7 Å². The molecular formula is C16H21BrN4. The minimum atomic E-state index is 0.520. The molecule has 4 nitrogen and oxygen atoms in total. The largest absolute Gasteiger partial charge is 0.319 e. The summed E-state index contributed by atoms with van der Waals surface area (Å²) in [6, 6.07) is 6.55. The SMILES string of the molecule is CNCCc1c(Br)n2c3cc(C(C)C)ccc3nc2n1C. The number of likely N-dealkylation sites (N-methyl/N-ethyl adjacent to an activating group) is 1. The lowest BCUT2D eigenvalue weighted by molar-refractivity contribution is 0.741. The first kappa shape index (κ1) is 14.6. The van der Waals surface area contributed by atoms with E-state index in [2.05, 4.69) is 69.3 Å². The fraction of sp³-hybridized carbons (Fsp3) is 0.438. The molecule has 0 spiro atoms. The molecule has 2 heterocycles. The third-order valence-electron chi connectivity index (χ3n) is 4.08. The number of aromatic nitrogens is 3. The van der Waals surface area contributed by atoms with Crippen molar-refractivity contribution in [3.63, 3.8) is 0 Å². The van der Waals surface area contributed by atoms with Gasteiger partial charge in [-0.3, -0.25) is 4.40 Å². The van der Waals surface area contributed by atoms with Crippen LogP contribution < -0.4 is 5.32 Å². The van der Waals surface area contributed by atoms with Gasteiger partial charge in [-0.15, -0.1) is 0 Å². The van der Waals surface area contributed by atoms with E-state index in [1.54, 1.807) is 0 Å². The third kappa shape index (κ3) is 2.28. The van der Waals surface area contributed by atoms with E-state index in [9.17, 15) is 0 Å². The number of rotatable bonds is 4. The second-order valence-electron chi connectivity index (χ2n) is 5.80. The number of nitrogens with zero attached hydrogens (tertiary/aromatic N) is 3. The van der Waals surface area contributed by atoms with Crippen LogP contribution in [0.25, 0.3) is 16.8 Å². The molecule has 3 aromatic rings. The molecule has 1 aromatic carbocycles. The fourth-order valence-electron chi connectivity index (χ4n) is 2.76. The quantitative estimate of drug-likeness (QED) is 0.783. The summed E-state index contributed by atoms with van der Waals surface area (Å²) in [6.45, 7) is 5.39. The Morgan fingerprint density at radius 2 is 2.10 bits per heavy atom. The zero-order chi connectivity index (χ0) is 15.1. The summed E-state index contributed by atoms with van der Waals surface area (Å²) >= 11 is 3.77. The lowest BCUT2D eigenvalue weighted by Crippen LogP contribution is -2.12. The van der Waals surface area contributed by atoms with Crippen LogP contribution in [0.15, 0.2) is 22.8 Å². The van der Waals surface area contributed by atoms with Crippen LogP contribution in [0.3, 0.4) is 0 Å². The minimum absolute atomic E-state index is 0.520. The Hall–Kier alpha value is -1.33. The van der Waals surface area contributed by atoms with Crippen LogP contribution in [0.5, 0.6) is 0 Å². The van der Waals surface area contributed by atoms with Crippen LogP contribution in [0.2, 0.25) is 0 Å². The molecule has 0 atom stereocenters. The Kier molecular flexibility index (Phi) is 3.80. The number of aryl methyl sites for hydroxylation is 1. The van der Waals surface area contributed by atoms with Crippen molar-refractivity contribution in [2.45, 2.75) is 26.2 Å². The number of halogens is 1. The van der Waals surface area contributed by atoms with Crippen LogP contribution in [0, 0.1) is 0 Å². The number of imidazole rings is 2. The lowest BCUT2D eigenvalue weighted by atomic mass is 10.0. The average molecular weight is 349 g/mol. The molecule has 1 N–H and O–H groups in total. The summed E-state index contributed by atoms with van der Waals surface area (Å²) < 4.78 is 5.50. The molecule has 5 heteroatoms. The summed E-state index contributed by atoms with van der Waals surface area (Å²) in [4.78, 5) is 4.78. The molecule has 0 aliphatic rings. The van der Waals surface area contributed by atoms with E-state index in [-0.39, 0.29) is 0 Å². The smallest absolute Gasteiger partial charge is 0.215 e. The Bertz CT molecular complexity index is 798. The van der Waals surface area contributed by atoms with Gasteiger partial charge in [-0.05, 0) is 46.6 Å². The Morgan fingerprint density at radius 1 is 1.33 bits per heavy atom. The van der Waals surface area contributed by atoms with E-state index >= 15 is 0 Å². The van der Waals surface area contributed by atoms with Crippen molar-refractivity contribution in [2.75, 3.05) is 13.6 Å². The van der Waals surface area contributed by atoms with E-state index in [0.29, 0.717) is 5.92 Å². The van der Waals surface area contributed by atoms with Gasteiger partial charge < -0.3 is 9.88 Å². The molecule has 0 unspecified atom stereocenters. The topological polar surface area (TPSA) is 34.3 Å². The summed E-state index contributed by atoms with van der Waals surface area (Å²) in [5.74, 6) is 1.51. The van der Waals surface area contributed by atoms with Gasteiger partial charge in [-0.2, -0.15) is 0 Å². The molecular weight excluding hydrogens is 328 g/mol. The number of nitrogens with one attached hydrogen (secondary N) is 1. The zero-order valence-electron chi connectivity index (χ0n) is 12.9. The van der Waals surface area contributed by atoms with Gasteiger partial charge in [0.15, 0.2) is 0 Å². The summed E-state index contributed by atoms with van der Waals surface area (Å²) in [6.07, 6.45) is 0.975. The standard InChI is InChI=1S/C16H21BrN4/c1-10(2)11-5-6-12-14(9-11)21-15(17)13(7-8-18-3)20(4)16(21)19-12/h5-6,9-10,18H,7-8H2,1-4H3. The van der Waals surface area contributed by atoms with Crippen molar-refractivity contribution in [1.29, 1.82) is 0 Å². The maximum atomic E-state index is 4.78. The van der Waals surface area contributed by atoms with Gasteiger partial charge in [0.2, 0.25) is 5.78 Å². The average Bonchev–Trinajstić information content (AvgIpc) is 2.94. The monoisotopic (exact) mass is 348 g/mol. The first-order valence-corrected chi connectivity index (χ1v) is 8.13. The van der Waals surface area contributed by atoms with Crippen molar-refractivity contribution in [2.24, 2.45) is 7.05 Å². The maximum absolute atomic E-state index is 4.78. The molecule has 0 fully saturated rings. The first-order chi connectivity index (χ1) is 10.0. The van der Waals surface area contributed by atoms with Gasteiger partial charge in [-0.1, -0.05) is 19.9 Å². The maximum Gasteiger partial charge on any atom is 0.215 e. The van der Waals surface area contributed by atoms with Crippen LogP contribution in [-0.4, -0.2) is 27.5 Å².